The molecular weight excluding hydrogens is 178 g/mol. The monoisotopic (exact) mass is 201 g/mol. The van der Waals surface area contributed by atoms with Crippen molar-refractivity contribution >= 4 is 0 Å². The summed E-state index contributed by atoms with van der Waals surface area (Å²) >= 11 is 0. The molecule has 0 spiro atoms. The summed E-state index contributed by atoms with van der Waals surface area (Å²) in [4.78, 5) is 2.42. The van der Waals surface area contributed by atoms with Crippen molar-refractivity contribution in [3.8, 4) is 0 Å². The minimum atomic E-state index is 0.212. The number of nitrogens with zero attached hydrogens (tertiary/aromatic N) is 1. The van der Waals surface area contributed by atoms with Gasteiger partial charge in [-0.15, -0.1) is 0 Å². The molecule has 0 amide bonds. The normalized spacial score (nSPS) is 22.5. The van der Waals surface area contributed by atoms with E-state index in [2.05, 4.69) is 4.90 Å². The van der Waals surface area contributed by atoms with Crippen LogP contribution in [0.5, 0.6) is 0 Å². The third-order valence-corrected chi connectivity index (χ3v) is 3.39. The second-order valence-electron chi connectivity index (χ2n) is 4.24. The summed E-state index contributed by atoms with van der Waals surface area (Å²) < 4.78 is 5.06. The maximum absolute atomic E-state index is 5.77. The third-order valence-electron chi connectivity index (χ3n) is 3.39. The average molecular weight is 201 g/mol. The number of ether oxygens (including phenoxy) is 1. The lowest BCUT2D eigenvalue weighted by Crippen LogP contribution is -2.48. The van der Waals surface area contributed by atoms with E-state index in [0.29, 0.717) is 0 Å². The molecule has 1 heterocycles. The highest BCUT2D eigenvalue weighted by atomic mass is 16.5. The van der Waals surface area contributed by atoms with Crippen LogP contribution in [0.3, 0.4) is 0 Å². The first-order valence-corrected chi connectivity index (χ1v) is 5.38. The Morgan fingerprint density at radius 1 is 1.21 bits per heavy atom. The minimum Gasteiger partial charge on any atom is -0.383 e. The number of hydrogen-bond acceptors (Lipinski definition) is 4. The molecule has 4 heteroatoms. The molecule has 0 aromatic rings. The molecule has 0 atom stereocenters. The lowest BCUT2D eigenvalue weighted by molar-refractivity contribution is 0.0860. The number of nitrogens with two attached hydrogens (primary N) is 2. The minimum absolute atomic E-state index is 0.212. The molecule has 0 aliphatic carbocycles. The second-order valence-corrected chi connectivity index (χ2v) is 4.24. The first-order chi connectivity index (χ1) is 6.76. The van der Waals surface area contributed by atoms with E-state index in [4.69, 9.17) is 16.2 Å². The molecule has 84 valence electrons. The van der Waals surface area contributed by atoms with Gasteiger partial charge in [0.15, 0.2) is 0 Å². The van der Waals surface area contributed by atoms with Crippen molar-refractivity contribution in [3.63, 3.8) is 0 Å². The van der Waals surface area contributed by atoms with E-state index < -0.39 is 0 Å². The topological polar surface area (TPSA) is 64.5 Å². The molecule has 1 aliphatic heterocycles. The van der Waals surface area contributed by atoms with Gasteiger partial charge in [-0.05, 0) is 44.4 Å². The molecule has 0 saturated carbocycles. The van der Waals surface area contributed by atoms with Gasteiger partial charge in [-0.2, -0.15) is 0 Å². The summed E-state index contributed by atoms with van der Waals surface area (Å²) in [5, 5.41) is 0. The van der Waals surface area contributed by atoms with Crippen LogP contribution in [0.25, 0.3) is 0 Å². The molecule has 0 radical (unpaired) electrons. The van der Waals surface area contributed by atoms with E-state index >= 15 is 0 Å². The standard InChI is InChI=1S/C10H23N3O/c1-14-7-6-13-4-2-10(8-11,9-12)3-5-13/h2-9,11-12H2,1H3. The lowest BCUT2D eigenvalue weighted by Gasteiger charge is -2.40. The molecule has 14 heavy (non-hydrogen) atoms. The van der Waals surface area contributed by atoms with E-state index in [1.807, 2.05) is 0 Å². The third kappa shape index (κ3) is 2.92. The fourth-order valence-electron chi connectivity index (χ4n) is 1.96. The van der Waals surface area contributed by atoms with Crippen molar-refractivity contribution in [2.75, 3.05) is 46.4 Å². The van der Waals surface area contributed by atoms with Crippen molar-refractivity contribution < 1.29 is 4.74 Å². The predicted molar refractivity (Wildman–Crippen MR) is 58.1 cm³/mol. The Labute approximate surface area is 86.6 Å². The molecule has 1 rings (SSSR count). The number of rotatable bonds is 5. The molecule has 0 unspecified atom stereocenters. The van der Waals surface area contributed by atoms with Crippen LogP contribution in [0.4, 0.5) is 0 Å². The first-order valence-electron chi connectivity index (χ1n) is 5.38. The second kappa shape index (κ2) is 5.66. The Hall–Kier alpha value is -0.160. The van der Waals surface area contributed by atoms with Gasteiger partial charge in [0.1, 0.15) is 0 Å². The maximum Gasteiger partial charge on any atom is 0.0589 e. The largest absolute Gasteiger partial charge is 0.383 e. The molecule has 4 N–H and O–H groups in total. The van der Waals surface area contributed by atoms with Crippen LogP contribution in [-0.4, -0.2) is 51.3 Å². The summed E-state index contributed by atoms with van der Waals surface area (Å²) in [6.07, 6.45) is 2.26. The molecule has 1 saturated heterocycles. The molecule has 0 bridgehead atoms. The SMILES string of the molecule is COCCN1CCC(CN)(CN)CC1. The maximum atomic E-state index is 5.77. The van der Waals surface area contributed by atoms with Gasteiger partial charge < -0.3 is 21.1 Å². The molecule has 4 nitrogen and oxygen atoms in total. The van der Waals surface area contributed by atoms with Crippen LogP contribution in [0.2, 0.25) is 0 Å². The van der Waals surface area contributed by atoms with Gasteiger partial charge in [0.05, 0.1) is 6.61 Å². The van der Waals surface area contributed by atoms with Crippen molar-refractivity contribution in [3.05, 3.63) is 0 Å². The van der Waals surface area contributed by atoms with Crippen LogP contribution >= 0.6 is 0 Å². The Morgan fingerprint density at radius 3 is 2.21 bits per heavy atom. The summed E-state index contributed by atoms with van der Waals surface area (Å²) in [5.74, 6) is 0. The number of hydrogen-bond donors (Lipinski definition) is 2. The Balaban J connectivity index is 2.29. The van der Waals surface area contributed by atoms with E-state index in [1.165, 1.54) is 0 Å². The van der Waals surface area contributed by atoms with Crippen LogP contribution in [0, 0.1) is 5.41 Å². The zero-order valence-corrected chi connectivity index (χ0v) is 9.17. The summed E-state index contributed by atoms with van der Waals surface area (Å²) in [7, 11) is 1.74. The Kier molecular flexibility index (Phi) is 4.81. The van der Waals surface area contributed by atoms with Gasteiger partial charge in [-0.25, -0.2) is 0 Å². The fraction of sp³-hybridized carbons (Fsp3) is 1.00. The summed E-state index contributed by atoms with van der Waals surface area (Å²) in [6, 6.07) is 0. The highest BCUT2D eigenvalue weighted by molar-refractivity contribution is 4.87. The Morgan fingerprint density at radius 2 is 1.79 bits per heavy atom. The number of likely N-dealkylation sites (tertiary alicyclic amines) is 1. The van der Waals surface area contributed by atoms with Crippen LogP contribution in [-0.2, 0) is 4.74 Å². The summed E-state index contributed by atoms with van der Waals surface area (Å²) in [6.45, 7) is 5.51. The van der Waals surface area contributed by atoms with E-state index in [9.17, 15) is 0 Å². The molecule has 1 aliphatic rings. The Bertz CT molecular complexity index is 149. The van der Waals surface area contributed by atoms with Crippen molar-refractivity contribution in [2.45, 2.75) is 12.8 Å². The highest BCUT2D eigenvalue weighted by Gasteiger charge is 2.31. The van der Waals surface area contributed by atoms with Crippen LogP contribution in [0.15, 0.2) is 0 Å². The molecule has 0 aromatic carbocycles. The predicted octanol–water partition coefficient (Wildman–Crippen LogP) is -0.368. The zero-order valence-electron chi connectivity index (χ0n) is 9.17. The van der Waals surface area contributed by atoms with Gasteiger partial charge in [0.25, 0.3) is 0 Å². The highest BCUT2D eigenvalue weighted by Crippen LogP contribution is 2.28. The molecular formula is C10H23N3O. The van der Waals surface area contributed by atoms with Gasteiger partial charge >= 0.3 is 0 Å². The van der Waals surface area contributed by atoms with Crippen molar-refractivity contribution in [2.24, 2.45) is 16.9 Å². The average Bonchev–Trinajstić information content (AvgIpc) is 2.27. The van der Waals surface area contributed by atoms with Gasteiger partial charge in [0, 0.05) is 13.7 Å². The van der Waals surface area contributed by atoms with Gasteiger partial charge in [-0.1, -0.05) is 0 Å². The van der Waals surface area contributed by atoms with E-state index in [0.717, 1.165) is 52.2 Å². The van der Waals surface area contributed by atoms with E-state index in [-0.39, 0.29) is 5.41 Å². The van der Waals surface area contributed by atoms with Crippen LogP contribution < -0.4 is 11.5 Å². The van der Waals surface area contributed by atoms with Crippen molar-refractivity contribution in [1.82, 2.24) is 4.90 Å². The molecule has 0 aromatic heterocycles. The van der Waals surface area contributed by atoms with Gasteiger partial charge in [0.2, 0.25) is 0 Å². The first kappa shape index (κ1) is 11.9. The quantitative estimate of drug-likeness (QED) is 0.637. The fourth-order valence-corrected chi connectivity index (χ4v) is 1.96. The number of piperidine rings is 1. The smallest absolute Gasteiger partial charge is 0.0589 e. The zero-order chi connectivity index (χ0) is 10.4. The van der Waals surface area contributed by atoms with Crippen molar-refractivity contribution in [1.29, 1.82) is 0 Å². The lowest BCUT2D eigenvalue weighted by atomic mass is 9.78. The van der Waals surface area contributed by atoms with Gasteiger partial charge in [-0.3, -0.25) is 0 Å². The molecule has 1 fully saturated rings. The summed E-state index contributed by atoms with van der Waals surface area (Å²) in [5.41, 5.74) is 11.8. The van der Waals surface area contributed by atoms with E-state index in [1.54, 1.807) is 7.11 Å². The van der Waals surface area contributed by atoms with Crippen LogP contribution in [0.1, 0.15) is 12.8 Å². The number of methoxy groups -OCH3 is 1.